The SMILES string of the molecule is CN(C)C(=O)c1sc(N2CC(O)C(O)C2)c(C2CC2)c1N. The van der Waals surface area contributed by atoms with Crippen LogP contribution in [0.15, 0.2) is 0 Å². The number of nitrogens with two attached hydrogens (primary N) is 1. The minimum absolute atomic E-state index is 0.0917. The van der Waals surface area contributed by atoms with Crippen molar-refractivity contribution in [2.75, 3.05) is 37.8 Å². The second kappa shape index (κ2) is 5.15. The van der Waals surface area contributed by atoms with Crippen LogP contribution in [-0.4, -0.2) is 60.4 Å². The molecule has 1 aliphatic heterocycles. The van der Waals surface area contributed by atoms with E-state index in [1.807, 2.05) is 4.90 Å². The third-order valence-electron chi connectivity index (χ3n) is 4.10. The molecule has 0 bridgehead atoms. The van der Waals surface area contributed by atoms with E-state index in [-0.39, 0.29) is 5.91 Å². The van der Waals surface area contributed by atoms with Crippen molar-refractivity contribution in [3.63, 3.8) is 0 Å². The monoisotopic (exact) mass is 311 g/mol. The number of nitrogens with zero attached hydrogens (tertiary/aromatic N) is 2. The Labute approximate surface area is 127 Å². The van der Waals surface area contributed by atoms with Crippen LogP contribution in [0.1, 0.15) is 34.0 Å². The van der Waals surface area contributed by atoms with E-state index in [9.17, 15) is 15.0 Å². The minimum atomic E-state index is -0.742. The fourth-order valence-corrected chi connectivity index (χ4v) is 4.09. The number of nitrogen functional groups attached to an aromatic ring is 1. The molecule has 116 valence electrons. The van der Waals surface area contributed by atoms with Crippen LogP contribution in [0.25, 0.3) is 0 Å². The molecule has 6 nitrogen and oxygen atoms in total. The lowest BCUT2D eigenvalue weighted by molar-refractivity contribution is 0.0572. The third kappa shape index (κ3) is 2.49. The number of carbonyl (C=O) groups is 1. The normalized spacial score (nSPS) is 25.4. The molecule has 1 aliphatic carbocycles. The van der Waals surface area contributed by atoms with Gasteiger partial charge in [0.05, 0.1) is 22.9 Å². The molecule has 21 heavy (non-hydrogen) atoms. The van der Waals surface area contributed by atoms with E-state index in [4.69, 9.17) is 5.73 Å². The van der Waals surface area contributed by atoms with Crippen LogP contribution >= 0.6 is 11.3 Å². The number of hydrogen-bond donors (Lipinski definition) is 3. The summed E-state index contributed by atoms with van der Waals surface area (Å²) in [6, 6.07) is 0. The van der Waals surface area contributed by atoms with Gasteiger partial charge in [-0.25, -0.2) is 0 Å². The quantitative estimate of drug-likeness (QED) is 0.754. The topological polar surface area (TPSA) is 90.0 Å². The van der Waals surface area contributed by atoms with Crippen LogP contribution in [0.5, 0.6) is 0 Å². The fourth-order valence-electron chi connectivity index (χ4n) is 2.74. The molecule has 1 aromatic heterocycles. The van der Waals surface area contributed by atoms with Gasteiger partial charge in [0.15, 0.2) is 0 Å². The van der Waals surface area contributed by atoms with E-state index in [1.54, 1.807) is 14.1 Å². The number of aliphatic hydroxyl groups is 2. The summed E-state index contributed by atoms with van der Waals surface area (Å²) in [5.74, 6) is 0.320. The highest BCUT2D eigenvalue weighted by molar-refractivity contribution is 7.18. The van der Waals surface area contributed by atoms with E-state index in [2.05, 4.69) is 0 Å². The summed E-state index contributed by atoms with van der Waals surface area (Å²) in [6.07, 6.45) is 0.687. The number of β-amino-alcohol motifs (C(OH)–C–C–N with tert-alkyl or cyclic N) is 2. The van der Waals surface area contributed by atoms with Crippen molar-refractivity contribution in [2.45, 2.75) is 31.0 Å². The first-order valence-corrected chi connectivity index (χ1v) is 7.96. The predicted molar refractivity (Wildman–Crippen MR) is 83.0 cm³/mol. The summed E-state index contributed by atoms with van der Waals surface area (Å²) < 4.78 is 0. The number of amides is 1. The summed E-state index contributed by atoms with van der Waals surface area (Å²) in [5.41, 5.74) is 7.84. The van der Waals surface area contributed by atoms with Crippen molar-refractivity contribution in [1.82, 2.24) is 4.90 Å². The number of carbonyl (C=O) groups excluding carboxylic acids is 1. The van der Waals surface area contributed by atoms with Gasteiger partial charge in [-0.3, -0.25) is 4.79 Å². The average molecular weight is 311 g/mol. The van der Waals surface area contributed by atoms with Gasteiger partial charge in [0.25, 0.3) is 5.91 Å². The first-order valence-electron chi connectivity index (χ1n) is 7.15. The number of thiophene rings is 1. The Balaban J connectivity index is 2.00. The number of aliphatic hydroxyl groups excluding tert-OH is 2. The first-order chi connectivity index (χ1) is 9.90. The largest absolute Gasteiger partial charge is 0.397 e. The molecule has 1 saturated carbocycles. The minimum Gasteiger partial charge on any atom is -0.397 e. The lowest BCUT2D eigenvalue weighted by Crippen LogP contribution is -2.22. The van der Waals surface area contributed by atoms with Crippen molar-refractivity contribution in [3.05, 3.63) is 10.4 Å². The molecular weight excluding hydrogens is 290 g/mol. The van der Waals surface area contributed by atoms with Gasteiger partial charge in [-0.05, 0) is 18.8 Å². The molecule has 2 atom stereocenters. The Hall–Kier alpha value is -1.31. The first kappa shape index (κ1) is 14.6. The average Bonchev–Trinajstić information content (AvgIpc) is 3.12. The van der Waals surface area contributed by atoms with Gasteiger partial charge in [0.2, 0.25) is 0 Å². The van der Waals surface area contributed by atoms with Gasteiger partial charge in [-0.15, -0.1) is 11.3 Å². The molecule has 1 saturated heterocycles. The molecule has 4 N–H and O–H groups in total. The zero-order valence-electron chi connectivity index (χ0n) is 12.2. The highest BCUT2D eigenvalue weighted by Crippen LogP contribution is 2.52. The Bertz CT molecular complexity index is 558. The van der Waals surface area contributed by atoms with Crippen molar-refractivity contribution >= 4 is 27.9 Å². The summed E-state index contributed by atoms with van der Waals surface area (Å²) in [6.45, 7) is 0.771. The molecule has 0 aromatic carbocycles. The van der Waals surface area contributed by atoms with Crippen LogP contribution in [0.2, 0.25) is 0 Å². The summed E-state index contributed by atoms with van der Waals surface area (Å²) >= 11 is 1.38. The smallest absolute Gasteiger partial charge is 0.265 e. The lowest BCUT2D eigenvalue weighted by atomic mass is 10.1. The summed E-state index contributed by atoms with van der Waals surface area (Å²) in [5, 5.41) is 20.4. The Kier molecular flexibility index (Phi) is 3.59. The van der Waals surface area contributed by atoms with Crippen LogP contribution in [0.3, 0.4) is 0 Å². The van der Waals surface area contributed by atoms with Gasteiger partial charge in [-0.2, -0.15) is 0 Å². The maximum absolute atomic E-state index is 12.3. The number of rotatable bonds is 3. The number of hydrogen-bond acceptors (Lipinski definition) is 6. The molecule has 0 radical (unpaired) electrons. The Morgan fingerprint density at radius 3 is 2.33 bits per heavy atom. The zero-order valence-corrected chi connectivity index (χ0v) is 13.1. The standard InChI is InChI=1S/C14H21N3O3S/c1-16(2)13(20)12-11(15)10(7-3-4-7)14(21-12)17-5-8(18)9(19)6-17/h7-9,18-19H,3-6,15H2,1-2H3. The zero-order chi connectivity index (χ0) is 15.3. The summed E-state index contributed by atoms with van der Waals surface area (Å²) in [7, 11) is 3.42. The molecule has 3 rings (SSSR count). The molecule has 0 spiro atoms. The highest BCUT2D eigenvalue weighted by atomic mass is 32.1. The molecule has 7 heteroatoms. The van der Waals surface area contributed by atoms with E-state index in [0.717, 1.165) is 23.4 Å². The van der Waals surface area contributed by atoms with Crippen molar-refractivity contribution < 1.29 is 15.0 Å². The molecule has 2 unspecified atom stereocenters. The molecule has 2 heterocycles. The van der Waals surface area contributed by atoms with Crippen LogP contribution in [0, 0.1) is 0 Å². The van der Waals surface area contributed by atoms with Crippen molar-refractivity contribution in [3.8, 4) is 0 Å². The van der Waals surface area contributed by atoms with Gasteiger partial charge in [-0.1, -0.05) is 0 Å². The van der Waals surface area contributed by atoms with E-state index in [0.29, 0.717) is 29.6 Å². The second-order valence-corrected chi connectivity index (χ2v) is 7.08. The van der Waals surface area contributed by atoms with Gasteiger partial charge in [0, 0.05) is 32.7 Å². The third-order valence-corrected chi connectivity index (χ3v) is 5.37. The second-order valence-electron chi connectivity index (χ2n) is 6.08. The number of anilines is 2. The Morgan fingerprint density at radius 2 is 1.86 bits per heavy atom. The molecule has 2 aliphatic rings. The van der Waals surface area contributed by atoms with Crippen molar-refractivity contribution in [1.29, 1.82) is 0 Å². The molecule has 1 amide bonds. The maximum Gasteiger partial charge on any atom is 0.265 e. The Morgan fingerprint density at radius 1 is 1.29 bits per heavy atom. The molecule has 1 aromatic rings. The van der Waals surface area contributed by atoms with E-state index in [1.165, 1.54) is 16.2 Å². The highest BCUT2D eigenvalue weighted by Gasteiger charge is 2.38. The predicted octanol–water partition coefficient (Wildman–Crippen LogP) is 0.451. The van der Waals surface area contributed by atoms with Gasteiger partial charge in [0.1, 0.15) is 4.88 Å². The van der Waals surface area contributed by atoms with Gasteiger partial charge < -0.3 is 25.7 Å². The van der Waals surface area contributed by atoms with Crippen LogP contribution in [-0.2, 0) is 0 Å². The molecule has 2 fully saturated rings. The lowest BCUT2D eigenvalue weighted by Gasteiger charge is -2.17. The van der Waals surface area contributed by atoms with Crippen LogP contribution in [0.4, 0.5) is 10.7 Å². The van der Waals surface area contributed by atoms with E-state index < -0.39 is 12.2 Å². The summed E-state index contributed by atoms with van der Waals surface area (Å²) in [4.78, 5) is 16.3. The fraction of sp³-hybridized carbons (Fsp3) is 0.643. The van der Waals surface area contributed by atoms with E-state index >= 15 is 0 Å². The van der Waals surface area contributed by atoms with Crippen LogP contribution < -0.4 is 10.6 Å². The van der Waals surface area contributed by atoms with Gasteiger partial charge >= 0.3 is 0 Å². The molecular formula is C14H21N3O3S. The maximum atomic E-state index is 12.3. The van der Waals surface area contributed by atoms with Crippen molar-refractivity contribution in [2.24, 2.45) is 0 Å².